The molecule has 0 aliphatic rings. The van der Waals surface area contributed by atoms with Gasteiger partial charge in [0, 0.05) is 11.3 Å². The lowest BCUT2D eigenvalue weighted by Crippen LogP contribution is -1.92. The summed E-state index contributed by atoms with van der Waals surface area (Å²) in [4.78, 5) is 0. The molecule has 0 aliphatic carbocycles. The maximum absolute atomic E-state index is 6.04. The van der Waals surface area contributed by atoms with Crippen LogP contribution in [0, 0.1) is 6.92 Å². The topological polar surface area (TPSA) is 35.2 Å². The van der Waals surface area contributed by atoms with Gasteiger partial charge in [-0.2, -0.15) is 0 Å². The SMILES string of the molecule is Cc1cc(Oc2ccccc2-c2ccccc2)ccc1N. The second-order valence-corrected chi connectivity index (χ2v) is 4.98. The summed E-state index contributed by atoms with van der Waals surface area (Å²) in [6.07, 6.45) is 0. The van der Waals surface area contributed by atoms with Gasteiger partial charge in [0.1, 0.15) is 11.5 Å². The minimum atomic E-state index is 0.777. The largest absolute Gasteiger partial charge is 0.457 e. The van der Waals surface area contributed by atoms with Crippen LogP contribution in [-0.4, -0.2) is 0 Å². The highest BCUT2D eigenvalue weighted by atomic mass is 16.5. The van der Waals surface area contributed by atoms with Gasteiger partial charge in [-0.1, -0.05) is 48.5 Å². The molecule has 0 saturated heterocycles. The standard InChI is InChI=1S/C19H17NO/c1-14-13-16(11-12-18(14)20)21-19-10-6-5-9-17(19)15-7-3-2-4-8-15/h2-13H,20H2,1H3. The van der Waals surface area contributed by atoms with Gasteiger partial charge in [-0.15, -0.1) is 0 Å². The summed E-state index contributed by atoms with van der Waals surface area (Å²) in [5, 5.41) is 0. The molecule has 0 radical (unpaired) electrons. The van der Waals surface area contributed by atoms with Crippen LogP contribution in [0.15, 0.2) is 72.8 Å². The summed E-state index contributed by atoms with van der Waals surface area (Å²) >= 11 is 0. The predicted octanol–water partition coefficient (Wildman–Crippen LogP) is 5.04. The van der Waals surface area contributed by atoms with E-state index in [1.807, 2.05) is 61.5 Å². The number of nitrogen functional groups attached to an aromatic ring is 1. The lowest BCUT2D eigenvalue weighted by atomic mass is 10.0. The van der Waals surface area contributed by atoms with E-state index in [-0.39, 0.29) is 0 Å². The molecule has 0 unspecified atom stereocenters. The fraction of sp³-hybridized carbons (Fsp3) is 0.0526. The van der Waals surface area contributed by atoms with Crippen molar-refractivity contribution in [1.29, 1.82) is 0 Å². The fourth-order valence-electron chi connectivity index (χ4n) is 2.25. The van der Waals surface area contributed by atoms with Crippen LogP contribution in [0.4, 0.5) is 5.69 Å². The minimum Gasteiger partial charge on any atom is -0.457 e. The Morgan fingerprint density at radius 1 is 0.810 bits per heavy atom. The zero-order chi connectivity index (χ0) is 14.7. The molecular weight excluding hydrogens is 258 g/mol. The molecule has 0 heterocycles. The molecule has 104 valence electrons. The van der Waals surface area contributed by atoms with Crippen molar-refractivity contribution in [2.24, 2.45) is 0 Å². The Morgan fingerprint density at radius 2 is 1.52 bits per heavy atom. The average Bonchev–Trinajstić information content (AvgIpc) is 2.52. The number of nitrogens with two attached hydrogens (primary N) is 1. The zero-order valence-electron chi connectivity index (χ0n) is 11.9. The molecule has 3 aromatic carbocycles. The Bertz CT molecular complexity index is 751. The van der Waals surface area contributed by atoms with Gasteiger partial charge < -0.3 is 10.5 Å². The number of rotatable bonds is 3. The van der Waals surface area contributed by atoms with Crippen LogP contribution in [-0.2, 0) is 0 Å². The maximum Gasteiger partial charge on any atom is 0.135 e. The van der Waals surface area contributed by atoms with Crippen molar-refractivity contribution in [1.82, 2.24) is 0 Å². The number of benzene rings is 3. The third kappa shape index (κ3) is 2.90. The minimum absolute atomic E-state index is 0.777. The first-order valence-electron chi connectivity index (χ1n) is 6.92. The number of anilines is 1. The smallest absolute Gasteiger partial charge is 0.135 e. The van der Waals surface area contributed by atoms with E-state index in [1.165, 1.54) is 0 Å². The number of ether oxygens (including phenoxy) is 1. The summed E-state index contributed by atoms with van der Waals surface area (Å²) in [5.41, 5.74) is 9.86. The van der Waals surface area contributed by atoms with E-state index in [4.69, 9.17) is 10.5 Å². The first kappa shape index (κ1) is 13.3. The van der Waals surface area contributed by atoms with Crippen LogP contribution in [0.25, 0.3) is 11.1 Å². The van der Waals surface area contributed by atoms with Crippen LogP contribution < -0.4 is 10.5 Å². The Balaban J connectivity index is 1.98. The third-order valence-electron chi connectivity index (χ3n) is 3.44. The first-order chi connectivity index (χ1) is 10.2. The Morgan fingerprint density at radius 3 is 2.29 bits per heavy atom. The Labute approximate surface area is 124 Å². The Hall–Kier alpha value is -2.74. The van der Waals surface area contributed by atoms with Crippen LogP contribution in [0.1, 0.15) is 5.56 Å². The van der Waals surface area contributed by atoms with E-state index in [1.54, 1.807) is 0 Å². The summed E-state index contributed by atoms with van der Waals surface area (Å²) in [6.45, 7) is 1.98. The number of para-hydroxylation sites is 1. The highest BCUT2D eigenvalue weighted by Crippen LogP contribution is 2.33. The number of hydrogen-bond donors (Lipinski definition) is 1. The Kier molecular flexibility index (Phi) is 3.61. The van der Waals surface area contributed by atoms with Gasteiger partial charge in [0.25, 0.3) is 0 Å². The summed E-state index contributed by atoms with van der Waals surface area (Å²) in [5.74, 6) is 1.64. The van der Waals surface area contributed by atoms with E-state index >= 15 is 0 Å². The quantitative estimate of drug-likeness (QED) is 0.680. The van der Waals surface area contributed by atoms with Crippen LogP contribution in [0.2, 0.25) is 0 Å². The van der Waals surface area contributed by atoms with E-state index in [0.717, 1.165) is 33.9 Å². The molecule has 0 fully saturated rings. The second-order valence-electron chi connectivity index (χ2n) is 4.98. The van der Waals surface area contributed by atoms with E-state index in [2.05, 4.69) is 18.2 Å². The summed E-state index contributed by atoms with van der Waals surface area (Å²) in [6, 6.07) is 24.0. The van der Waals surface area contributed by atoms with Gasteiger partial charge in [0.05, 0.1) is 0 Å². The molecule has 0 bridgehead atoms. The average molecular weight is 275 g/mol. The fourth-order valence-corrected chi connectivity index (χ4v) is 2.25. The van der Waals surface area contributed by atoms with Gasteiger partial charge in [-0.25, -0.2) is 0 Å². The van der Waals surface area contributed by atoms with Crippen molar-refractivity contribution in [3.8, 4) is 22.6 Å². The van der Waals surface area contributed by atoms with Crippen molar-refractivity contribution in [3.63, 3.8) is 0 Å². The zero-order valence-corrected chi connectivity index (χ0v) is 11.9. The molecular formula is C19H17NO. The molecule has 2 nitrogen and oxygen atoms in total. The predicted molar refractivity (Wildman–Crippen MR) is 87.5 cm³/mol. The van der Waals surface area contributed by atoms with Crippen molar-refractivity contribution in [2.75, 3.05) is 5.73 Å². The van der Waals surface area contributed by atoms with Gasteiger partial charge in [-0.3, -0.25) is 0 Å². The molecule has 0 saturated carbocycles. The molecule has 0 amide bonds. The highest BCUT2D eigenvalue weighted by Gasteiger charge is 2.07. The van der Waals surface area contributed by atoms with Crippen LogP contribution in [0.3, 0.4) is 0 Å². The van der Waals surface area contributed by atoms with Gasteiger partial charge in [0.2, 0.25) is 0 Å². The van der Waals surface area contributed by atoms with E-state index < -0.39 is 0 Å². The molecule has 21 heavy (non-hydrogen) atoms. The number of hydrogen-bond acceptors (Lipinski definition) is 2. The monoisotopic (exact) mass is 275 g/mol. The maximum atomic E-state index is 6.04. The van der Waals surface area contributed by atoms with Crippen molar-refractivity contribution >= 4 is 5.69 Å². The lowest BCUT2D eigenvalue weighted by Gasteiger charge is -2.12. The molecule has 2 heteroatoms. The first-order valence-corrected chi connectivity index (χ1v) is 6.92. The van der Waals surface area contributed by atoms with Crippen molar-refractivity contribution in [3.05, 3.63) is 78.4 Å². The third-order valence-corrected chi connectivity index (χ3v) is 3.44. The van der Waals surface area contributed by atoms with Crippen molar-refractivity contribution in [2.45, 2.75) is 6.92 Å². The molecule has 0 aromatic heterocycles. The highest BCUT2D eigenvalue weighted by molar-refractivity contribution is 5.70. The van der Waals surface area contributed by atoms with E-state index in [9.17, 15) is 0 Å². The number of aryl methyl sites for hydroxylation is 1. The van der Waals surface area contributed by atoms with Gasteiger partial charge in [-0.05, 0) is 42.3 Å². The van der Waals surface area contributed by atoms with Crippen molar-refractivity contribution < 1.29 is 4.74 Å². The second kappa shape index (κ2) is 5.71. The van der Waals surface area contributed by atoms with Gasteiger partial charge in [0.15, 0.2) is 0 Å². The summed E-state index contributed by atoms with van der Waals surface area (Å²) < 4.78 is 6.04. The molecule has 2 N–H and O–H groups in total. The molecule has 3 rings (SSSR count). The molecule has 3 aromatic rings. The van der Waals surface area contributed by atoms with Gasteiger partial charge >= 0.3 is 0 Å². The van der Waals surface area contributed by atoms with Crippen LogP contribution >= 0.6 is 0 Å². The van der Waals surface area contributed by atoms with Crippen LogP contribution in [0.5, 0.6) is 11.5 Å². The van der Waals surface area contributed by atoms with E-state index in [0.29, 0.717) is 0 Å². The molecule has 0 spiro atoms. The molecule has 0 atom stereocenters. The normalized spacial score (nSPS) is 10.3. The summed E-state index contributed by atoms with van der Waals surface area (Å²) in [7, 11) is 0. The lowest BCUT2D eigenvalue weighted by molar-refractivity contribution is 0.484. The molecule has 0 aliphatic heterocycles.